The Balaban J connectivity index is 0. The molecule has 0 saturated carbocycles. The van der Waals surface area contributed by atoms with Crippen LogP contribution in [0.1, 0.15) is 19.4 Å². The Bertz CT molecular complexity index is 315. The smallest absolute Gasteiger partial charge is 0.332 e. The fourth-order valence-corrected chi connectivity index (χ4v) is 0.589. The van der Waals surface area contributed by atoms with Crippen LogP contribution in [0.25, 0.3) is 6.08 Å². The van der Waals surface area contributed by atoms with Crippen LogP contribution in [0.15, 0.2) is 49.6 Å². The van der Waals surface area contributed by atoms with Gasteiger partial charge in [-0.1, -0.05) is 49.1 Å². The molecule has 0 saturated heterocycles. The van der Waals surface area contributed by atoms with Gasteiger partial charge in [0.2, 0.25) is 0 Å². The van der Waals surface area contributed by atoms with E-state index in [0.29, 0.717) is 0 Å². The molecule has 1 atom stereocenters. The molecule has 0 fully saturated rings. The van der Waals surface area contributed by atoms with Crippen molar-refractivity contribution in [2.75, 3.05) is 0 Å². The summed E-state index contributed by atoms with van der Waals surface area (Å²) in [5, 5.41) is 15.8. The maximum absolute atomic E-state index is 9.45. The zero-order chi connectivity index (χ0) is 13.7. The fraction of sp³-hybridized carbons (Fsp3) is 0.214. The van der Waals surface area contributed by atoms with Gasteiger partial charge in [-0.15, -0.1) is 6.58 Å². The van der Waals surface area contributed by atoms with E-state index >= 15 is 0 Å². The maximum Gasteiger partial charge on any atom is 0.332 e. The maximum atomic E-state index is 9.45. The molecule has 3 heteroatoms. The molecule has 0 amide bonds. The molecule has 0 aliphatic heterocycles. The van der Waals surface area contributed by atoms with Gasteiger partial charge < -0.3 is 10.2 Å². The molecule has 0 bridgehead atoms. The van der Waals surface area contributed by atoms with Crippen LogP contribution in [-0.2, 0) is 4.79 Å². The normalized spacial score (nSPS) is 9.59. The van der Waals surface area contributed by atoms with Crippen LogP contribution in [0.4, 0.5) is 0 Å². The summed E-state index contributed by atoms with van der Waals surface area (Å²) in [7, 11) is 0. The number of benzene rings is 1. The number of aliphatic carboxylic acids is 1. The van der Waals surface area contributed by atoms with Crippen LogP contribution in [0.2, 0.25) is 0 Å². The van der Waals surface area contributed by atoms with Crippen molar-refractivity contribution in [1.29, 1.82) is 0 Å². The summed E-state index contributed by atoms with van der Waals surface area (Å²) in [6.07, 6.45) is 2.35. The minimum atomic E-state index is -1.23. The monoisotopic (exact) mass is 236 g/mol. The Morgan fingerprint density at radius 1 is 1.29 bits per heavy atom. The first kappa shape index (κ1) is 17.5. The van der Waals surface area contributed by atoms with Crippen molar-refractivity contribution in [1.82, 2.24) is 0 Å². The quantitative estimate of drug-likeness (QED) is 0.776. The topological polar surface area (TPSA) is 57.5 Å². The van der Waals surface area contributed by atoms with Crippen LogP contribution in [0.5, 0.6) is 0 Å². The zero-order valence-corrected chi connectivity index (χ0v) is 10.3. The second-order valence-electron chi connectivity index (χ2n) is 3.04. The summed E-state index contributed by atoms with van der Waals surface area (Å²) in [5.41, 5.74) is 1.17. The van der Waals surface area contributed by atoms with Crippen molar-refractivity contribution in [3.63, 3.8) is 0 Å². The van der Waals surface area contributed by atoms with Crippen molar-refractivity contribution in [2.45, 2.75) is 20.0 Å². The number of hydrogen-bond donors (Lipinski definition) is 2. The van der Waals surface area contributed by atoms with E-state index in [1.807, 2.05) is 43.3 Å². The lowest BCUT2D eigenvalue weighted by atomic mass is 10.2. The minimum absolute atomic E-state index is 1.17. The number of hydrogen-bond acceptors (Lipinski definition) is 2. The van der Waals surface area contributed by atoms with E-state index in [1.54, 1.807) is 6.08 Å². The molecule has 0 spiro atoms. The van der Waals surface area contributed by atoms with E-state index in [0.717, 1.165) is 0 Å². The third-order valence-electron chi connectivity index (χ3n) is 1.39. The molecule has 1 rings (SSSR count). The van der Waals surface area contributed by atoms with Crippen LogP contribution in [0, 0.1) is 0 Å². The Morgan fingerprint density at radius 3 is 1.82 bits per heavy atom. The lowest BCUT2D eigenvalue weighted by molar-refractivity contribution is -0.145. The van der Waals surface area contributed by atoms with Gasteiger partial charge in [0.1, 0.15) is 6.10 Å². The third kappa shape index (κ3) is 14.1. The van der Waals surface area contributed by atoms with Gasteiger partial charge in [-0.3, -0.25) is 0 Å². The van der Waals surface area contributed by atoms with Gasteiger partial charge in [0, 0.05) is 0 Å². The summed E-state index contributed by atoms with van der Waals surface area (Å²) in [4.78, 5) is 9.45. The second kappa shape index (κ2) is 12.2. The van der Waals surface area contributed by atoms with Crippen molar-refractivity contribution >= 4 is 12.0 Å². The Morgan fingerprint density at radius 2 is 1.65 bits per heavy atom. The Labute approximate surface area is 103 Å². The lowest BCUT2D eigenvalue weighted by Gasteiger charge is -1.89. The van der Waals surface area contributed by atoms with E-state index in [-0.39, 0.29) is 0 Å². The molecule has 94 valence electrons. The van der Waals surface area contributed by atoms with E-state index in [1.165, 1.54) is 12.5 Å². The summed E-state index contributed by atoms with van der Waals surface area (Å²) in [6, 6.07) is 10.0. The van der Waals surface area contributed by atoms with Gasteiger partial charge in [0.25, 0.3) is 0 Å². The molecule has 0 radical (unpaired) electrons. The molecule has 17 heavy (non-hydrogen) atoms. The highest BCUT2D eigenvalue weighted by Gasteiger charge is 2.01. The van der Waals surface area contributed by atoms with Crippen LogP contribution in [0.3, 0.4) is 0 Å². The molecule has 1 aromatic rings. The van der Waals surface area contributed by atoms with Gasteiger partial charge in [-0.25, -0.2) is 4.79 Å². The van der Waals surface area contributed by atoms with Crippen molar-refractivity contribution < 1.29 is 15.0 Å². The van der Waals surface area contributed by atoms with E-state index in [9.17, 15) is 4.79 Å². The number of allylic oxidation sites excluding steroid dienone is 1. The number of aliphatic hydroxyl groups excluding tert-OH is 1. The fourth-order valence-electron chi connectivity index (χ4n) is 0.589. The van der Waals surface area contributed by atoms with E-state index in [4.69, 9.17) is 10.2 Å². The predicted octanol–water partition coefficient (Wildman–Crippen LogP) is 2.97. The standard InChI is InChI=1S/C8H8.C3H6O3.C3H6/c1-2-8-6-4-3-5-7-8;1-2(4)3(5)6;1-3-2/h2-7H,1H2;2,4H,1H3,(H,5,6);3H,1H2,2H3. The van der Waals surface area contributed by atoms with Gasteiger partial charge >= 0.3 is 5.97 Å². The highest BCUT2D eigenvalue weighted by molar-refractivity contribution is 5.71. The molecular formula is C14H20O3. The van der Waals surface area contributed by atoms with Gasteiger partial charge in [-0.2, -0.15) is 0 Å². The van der Waals surface area contributed by atoms with Crippen LogP contribution >= 0.6 is 0 Å². The summed E-state index contributed by atoms with van der Waals surface area (Å²) in [6.45, 7) is 10.1. The lowest BCUT2D eigenvalue weighted by Crippen LogP contribution is -2.13. The molecule has 0 aromatic heterocycles. The van der Waals surface area contributed by atoms with Gasteiger partial charge in [-0.05, 0) is 19.4 Å². The first-order valence-electron chi connectivity index (χ1n) is 5.15. The second-order valence-corrected chi connectivity index (χ2v) is 3.04. The number of aliphatic hydroxyl groups is 1. The minimum Gasteiger partial charge on any atom is -0.479 e. The SMILES string of the molecule is C=CC.C=Cc1ccccc1.CC(O)C(=O)O. The summed E-state index contributed by atoms with van der Waals surface area (Å²) < 4.78 is 0. The zero-order valence-electron chi connectivity index (χ0n) is 10.3. The van der Waals surface area contributed by atoms with Gasteiger partial charge in [0.15, 0.2) is 0 Å². The van der Waals surface area contributed by atoms with E-state index < -0.39 is 12.1 Å². The molecule has 1 unspecified atom stereocenters. The Kier molecular flexibility index (Phi) is 12.6. The van der Waals surface area contributed by atoms with Crippen molar-refractivity contribution in [3.05, 3.63) is 55.1 Å². The van der Waals surface area contributed by atoms with Crippen molar-refractivity contribution in [2.24, 2.45) is 0 Å². The van der Waals surface area contributed by atoms with Crippen LogP contribution < -0.4 is 0 Å². The Hall–Kier alpha value is -1.87. The average Bonchev–Trinajstić information content (AvgIpc) is 2.32. The summed E-state index contributed by atoms with van der Waals surface area (Å²) >= 11 is 0. The number of rotatable bonds is 2. The number of carboxylic acid groups (broad SMARTS) is 1. The molecule has 1 aromatic carbocycles. The largest absolute Gasteiger partial charge is 0.479 e. The third-order valence-corrected chi connectivity index (χ3v) is 1.39. The highest BCUT2D eigenvalue weighted by Crippen LogP contribution is 1.97. The molecular weight excluding hydrogens is 216 g/mol. The first-order chi connectivity index (χ1) is 7.99. The molecule has 3 nitrogen and oxygen atoms in total. The number of carbonyl (C=O) groups is 1. The highest BCUT2D eigenvalue weighted by atomic mass is 16.4. The summed E-state index contributed by atoms with van der Waals surface area (Å²) in [5.74, 6) is -1.19. The molecule has 0 aliphatic rings. The molecule has 0 heterocycles. The predicted molar refractivity (Wildman–Crippen MR) is 71.7 cm³/mol. The number of carboxylic acids is 1. The van der Waals surface area contributed by atoms with Crippen LogP contribution in [-0.4, -0.2) is 22.3 Å². The first-order valence-corrected chi connectivity index (χ1v) is 5.15. The average molecular weight is 236 g/mol. The van der Waals surface area contributed by atoms with E-state index in [2.05, 4.69) is 13.2 Å². The molecule has 2 N–H and O–H groups in total. The van der Waals surface area contributed by atoms with Crippen molar-refractivity contribution in [3.8, 4) is 0 Å². The van der Waals surface area contributed by atoms with Gasteiger partial charge in [0.05, 0.1) is 0 Å². The molecule has 0 aliphatic carbocycles.